The smallest absolute Gasteiger partial charge is 0.392 e. The Labute approximate surface area is 82.1 Å². The third-order valence-corrected chi connectivity index (χ3v) is 2.59. The molecule has 1 unspecified atom stereocenters. The molecule has 1 atom stereocenters. The first-order valence-corrected chi connectivity index (χ1v) is 4.99. The molecule has 1 aromatic heterocycles. The largest absolute Gasteiger partial charge is 0.436 e. The van der Waals surface area contributed by atoms with Crippen molar-refractivity contribution in [3.8, 4) is 0 Å². The number of aromatic nitrogens is 2. The van der Waals surface area contributed by atoms with Crippen LogP contribution in [-0.2, 0) is 13.5 Å². The van der Waals surface area contributed by atoms with Crippen LogP contribution < -0.4 is 11.1 Å². The van der Waals surface area contributed by atoms with Crippen molar-refractivity contribution in [2.45, 2.75) is 19.3 Å². The van der Waals surface area contributed by atoms with Crippen LogP contribution >= 0.6 is 0 Å². The molecule has 1 aromatic rings. The lowest BCUT2D eigenvalue weighted by molar-refractivity contribution is 0.340. The van der Waals surface area contributed by atoms with Gasteiger partial charge < -0.3 is 9.73 Å². The maximum atomic E-state index is 11.0. The van der Waals surface area contributed by atoms with Crippen molar-refractivity contribution in [1.29, 1.82) is 0 Å². The van der Waals surface area contributed by atoms with E-state index < -0.39 is 0 Å². The first-order valence-electron chi connectivity index (χ1n) is 4.99. The summed E-state index contributed by atoms with van der Waals surface area (Å²) in [5.74, 6) is 0.747. The van der Waals surface area contributed by atoms with Gasteiger partial charge in [-0.1, -0.05) is 0 Å². The second kappa shape index (κ2) is 3.96. The number of aryl methyl sites for hydroxylation is 1. The molecule has 5 nitrogen and oxygen atoms in total. The quantitative estimate of drug-likeness (QED) is 0.720. The second-order valence-corrected chi connectivity index (χ2v) is 3.80. The average Bonchev–Trinajstić information content (AvgIpc) is 2.47. The summed E-state index contributed by atoms with van der Waals surface area (Å²) in [5.41, 5.74) is 0. The van der Waals surface area contributed by atoms with Gasteiger partial charge in [0, 0.05) is 13.5 Å². The summed E-state index contributed by atoms with van der Waals surface area (Å²) in [6, 6.07) is 0. The maximum Gasteiger partial charge on any atom is 0.436 e. The molecule has 2 heterocycles. The fourth-order valence-corrected chi connectivity index (χ4v) is 1.82. The van der Waals surface area contributed by atoms with Gasteiger partial charge in [-0.05, 0) is 31.8 Å². The van der Waals surface area contributed by atoms with Gasteiger partial charge >= 0.3 is 5.76 Å². The molecule has 1 N–H and O–H groups in total. The van der Waals surface area contributed by atoms with Crippen molar-refractivity contribution in [3.05, 3.63) is 16.4 Å². The molecule has 1 aliphatic heterocycles. The van der Waals surface area contributed by atoms with Crippen LogP contribution in [0.15, 0.2) is 9.21 Å². The Morgan fingerprint density at radius 2 is 2.57 bits per heavy atom. The molecule has 1 aliphatic rings. The molecule has 0 spiro atoms. The lowest BCUT2D eigenvalue weighted by Gasteiger charge is -2.20. The van der Waals surface area contributed by atoms with E-state index in [9.17, 15) is 4.79 Å². The summed E-state index contributed by atoms with van der Waals surface area (Å²) in [7, 11) is 1.61. The lowest BCUT2D eigenvalue weighted by atomic mass is 9.96. The summed E-state index contributed by atoms with van der Waals surface area (Å²) in [6.07, 6.45) is 3.15. The number of nitrogens with one attached hydrogen (secondary N) is 1. The zero-order valence-corrected chi connectivity index (χ0v) is 8.32. The Kier molecular flexibility index (Phi) is 2.67. The Morgan fingerprint density at radius 1 is 1.71 bits per heavy atom. The molecule has 78 valence electrons. The van der Waals surface area contributed by atoms with Crippen molar-refractivity contribution in [3.63, 3.8) is 0 Å². The van der Waals surface area contributed by atoms with Crippen molar-refractivity contribution >= 4 is 0 Å². The van der Waals surface area contributed by atoms with E-state index in [4.69, 9.17) is 4.42 Å². The normalized spacial score (nSPS) is 22.5. The van der Waals surface area contributed by atoms with Gasteiger partial charge in [-0.2, -0.15) is 4.68 Å². The minimum Gasteiger partial charge on any atom is -0.392 e. The Morgan fingerprint density at radius 3 is 3.14 bits per heavy atom. The molecule has 1 saturated heterocycles. The zero-order valence-electron chi connectivity index (χ0n) is 8.32. The van der Waals surface area contributed by atoms with Crippen LogP contribution in [0.3, 0.4) is 0 Å². The first-order chi connectivity index (χ1) is 6.75. The van der Waals surface area contributed by atoms with Crippen LogP contribution in [0.5, 0.6) is 0 Å². The number of hydrogen-bond donors (Lipinski definition) is 1. The third-order valence-electron chi connectivity index (χ3n) is 2.59. The fraction of sp³-hybridized carbons (Fsp3) is 0.778. The van der Waals surface area contributed by atoms with Crippen LogP contribution in [0.4, 0.5) is 0 Å². The van der Waals surface area contributed by atoms with Gasteiger partial charge in [0.1, 0.15) is 0 Å². The average molecular weight is 197 g/mol. The highest BCUT2D eigenvalue weighted by atomic mass is 16.4. The van der Waals surface area contributed by atoms with E-state index in [2.05, 4.69) is 10.4 Å². The minimum atomic E-state index is -0.372. The highest BCUT2D eigenvalue weighted by Gasteiger charge is 2.16. The Hall–Kier alpha value is -1.10. The van der Waals surface area contributed by atoms with Gasteiger partial charge in [0.2, 0.25) is 5.89 Å². The molecule has 0 saturated carbocycles. The number of nitrogens with zero attached hydrogens (tertiary/aromatic N) is 2. The van der Waals surface area contributed by atoms with Crippen molar-refractivity contribution in [1.82, 2.24) is 15.1 Å². The molecular weight excluding hydrogens is 182 g/mol. The van der Waals surface area contributed by atoms with Crippen molar-refractivity contribution in [2.24, 2.45) is 13.0 Å². The van der Waals surface area contributed by atoms with E-state index in [1.165, 1.54) is 17.5 Å². The van der Waals surface area contributed by atoms with Gasteiger partial charge in [-0.15, -0.1) is 5.10 Å². The first kappa shape index (κ1) is 9.45. The Bertz CT molecular complexity index is 349. The zero-order chi connectivity index (χ0) is 9.97. The highest BCUT2D eigenvalue weighted by Crippen LogP contribution is 2.14. The highest BCUT2D eigenvalue weighted by molar-refractivity contribution is 4.82. The predicted molar refractivity (Wildman–Crippen MR) is 51.0 cm³/mol. The van der Waals surface area contributed by atoms with E-state index in [1.807, 2.05) is 0 Å². The maximum absolute atomic E-state index is 11.0. The number of hydrogen-bond acceptors (Lipinski definition) is 4. The number of piperidine rings is 1. The summed E-state index contributed by atoms with van der Waals surface area (Å²) in [6.45, 7) is 2.10. The van der Waals surface area contributed by atoms with E-state index in [0.29, 0.717) is 11.8 Å². The Balaban J connectivity index is 1.99. The van der Waals surface area contributed by atoms with Crippen molar-refractivity contribution in [2.75, 3.05) is 13.1 Å². The minimum absolute atomic E-state index is 0.372. The SMILES string of the molecule is Cn1nc(CC2CCCNC2)oc1=O. The summed E-state index contributed by atoms with van der Waals surface area (Å²) < 4.78 is 6.23. The number of rotatable bonds is 2. The lowest BCUT2D eigenvalue weighted by Crippen LogP contribution is -2.30. The van der Waals surface area contributed by atoms with Gasteiger partial charge in [0.05, 0.1) is 0 Å². The van der Waals surface area contributed by atoms with Crippen LogP contribution in [0, 0.1) is 5.92 Å². The van der Waals surface area contributed by atoms with Crippen LogP contribution in [-0.4, -0.2) is 22.9 Å². The summed E-state index contributed by atoms with van der Waals surface area (Å²) in [4.78, 5) is 11.0. The van der Waals surface area contributed by atoms with Crippen molar-refractivity contribution < 1.29 is 4.42 Å². The molecule has 0 aromatic carbocycles. The second-order valence-electron chi connectivity index (χ2n) is 3.80. The fourth-order valence-electron chi connectivity index (χ4n) is 1.82. The molecule has 2 rings (SSSR count). The van der Waals surface area contributed by atoms with Gasteiger partial charge in [-0.25, -0.2) is 4.79 Å². The molecular formula is C9H15N3O2. The molecule has 0 radical (unpaired) electrons. The van der Waals surface area contributed by atoms with E-state index >= 15 is 0 Å². The molecule has 14 heavy (non-hydrogen) atoms. The molecule has 0 amide bonds. The monoisotopic (exact) mass is 197 g/mol. The van der Waals surface area contributed by atoms with Crippen LogP contribution in [0.2, 0.25) is 0 Å². The van der Waals surface area contributed by atoms with Crippen LogP contribution in [0.1, 0.15) is 18.7 Å². The predicted octanol–water partition coefficient (Wildman–Crippen LogP) is -0.0846. The third kappa shape index (κ3) is 2.04. The molecule has 0 bridgehead atoms. The summed E-state index contributed by atoms with van der Waals surface area (Å²) >= 11 is 0. The standard InChI is InChI=1S/C9H15N3O2/c1-12-9(13)14-8(11-12)5-7-3-2-4-10-6-7/h7,10H,2-6H2,1H3. The topological polar surface area (TPSA) is 60.1 Å². The molecule has 5 heteroatoms. The summed E-state index contributed by atoms with van der Waals surface area (Å²) in [5, 5.41) is 7.34. The van der Waals surface area contributed by atoms with E-state index in [-0.39, 0.29) is 5.76 Å². The van der Waals surface area contributed by atoms with Crippen LogP contribution in [0.25, 0.3) is 0 Å². The van der Waals surface area contributed by atoms with E-state index in [0.717, 1.165) is 19.5 Å². The van der Waals surface area contributed by atoms with E-state index in [1.54, 1.807) is 7.05 Å². The van der Waals surface area contributed by atoms with Gasteiger partial charge in [0.25, 0.3) is 0 Å². The molecule has 1 fully saturated rings. The molecule has 0 aliphatic carbocycles. The van der Waals surface area contributed by atoms with Gasteiger partial charge in [-0.3, -0.25) is 0 Å². The van der Waals surface area contributed by atoms with Gasteiger partial charge in [0.15, 0.2) is 0 Å².